The van der Waals surface area contributed by atoms with E-state index in [-0.39, 0.29) is 11.7 Å². The van der Waals surface area contributed by atoms with Crippen LogP contribution in [0.1, 0.15) is 13.8 Å². The Balaban J connectivity index is 1.48. The van der Waals surface area contributed by atoms with Gasteiger partial charge in [0.2, 0.25) is 5.91 Å². The number of fused-ring (bicyclic) bond motifs is 1. The number of hydrogen-bond donors (Lipinski definition) is 0. The molecule has 1 amide bonds. The summed E-state index contributed by atoms with van der Waals surface area (Å²) in [6.45, 7) is 9.31. The monoisotopic (exact) mass is 427 g/mol. The quantitative estimate of drug-likeness (QED) is 0.603. The van der Waals surface area contributed by atoms with Crippen LogP contribution in [0.25, 0.3) is 20.7 Å². The van der Waals surface area contributed by atoms with Gasteiger partial charge in [0.1, 0.15) is 18.0 Å². The maximum atomic E-state index is 13.3. The number of nitrogens with zero attached hydrogens (tertiary/aromatic N) is 5. The molecule has 1 aromatic carbocycles. The average molecular weight is 428 g/mol. The Labute approximate surface area is 179 Å². The molecule has 0 N–H and O–H groups in total. The Morgan fingerprint density at radius 1 is 1.10 bits per heavy atom. The third-order valence-electron chi connectivity index (χ3n) is 5.57. The van der Waals surface area contributed by atoms with Gasteiger partial charge < -0.3 is 9.80 Å². The number of aromatic nitrogens is 2. The summed E-state index contributed by atoms with van der Waals surface area (Å²) >= 11 is 1.63. The van der Waals surface area contributed by atoms with E-state index in [4.69, 9.17) is 0 Å². The molecule has 158 valence electrons. The van der Waals surface area contributed by atoms with E-state index >= 15 is 0 Å². The zero-order chi connectivity index (χ0) is 21.1. The van der Waals surface area contributed by atoms with Crippen LogP contribution < -0.4 is 4.90 Å². The largest absolute Gasteiger partial charge is 0.353 e. The first-order valence-corrected chi connectivity index (χ1v) is 11.2. The van der Waals surface area contributed by atoms with Crippen molar-refractivity contribution in [3.05, 3.63) is 42.5 Å². The maximum Gasteiger partial charge on any atom is 0.236 e. The molecule has 1 aliphatic rings. The van der Waals surface area contributed by atoms with Crippen LogP contribution in [-0.2, 0) is 4.79 Å². The van der Waals surface area contributed by atoms with E-state index in [0.29, 0.717) is 6.54 Å². The maximum absolute atomic E-state index is 13.3. The van der Waals surface area contributed by atoms with Crippen molar-refractivity contribution in [3.63, 3.8) is 0 Å². The molecule has 1 fully saturated rings. The zero-order valence-corrected chi connectivity index (χ0v) is 18.2. The van der Waals surface area contributed by atoms with Crippen molar-refractivity contribution in [2.45, 2.75) is 13.8 Å². The van der Waals surface area contributed by atoms with Gasteiger partial charge in [-0.2, -0.15) is 0 Å². The molecule has 2 aromatic heterocycles. The van der Waals surface area contributed by atoms with Crippen molar-refractivity contribution in [2.24, 2.45) is 0 Å². The van der Waals surface area contributed by atoms with E-state index in [0.717, 1.165) is 65.7 Å². The molecule has 0 unspecified atom stereocenters. The van der Waals surface area contributed by atoms with Crippen LogP contribution >= 0.6 is 11.3 Å². The van der Waals surface area contributed by atoms with E-state index in [9.17, 15) is 9.18 Å². The number of carbonyl (C=O) groups excluding carboxylic acids is 1. The highest BCUT2D eigenvalue weighted by Crippen LogP contribution is 2.37. The number of piperazine rings is 1. The van der Waals surface area contributed by atoms with Crippen LogP contribution in [0, 0.1) is 5.82 Å². The number of amides is 1. The second-order valence-electron chi connectivity index (χ2n) is 7.36. The fraction of sp³-hybridized carbons (Fsp3) is 0.409. The molecule has 3 aromatic rings. The van der Waals surface area contributed by atoms with Crippen molar-refractivity contribution in [1.29, 1.82) is 0 Å². The molecule has 4 rings (SSSR count). The summed E-state index contributed by atoms with van der Waals surface area (Å²) in [5.74, 6) is 0.894. The molecular formula is C22H26FN5OS. The number of thiophene rings is 1. The smallest absolute Gasteiger partial charge is 0.236 e. The number of anilines is 1. The van der Waals surface area contributed by atoms with E-state index in [1.54, 1.807) is 29.8 Å². The number of carbonyl (C=O) groups is 1. The second-order valence-corrected chi connectivity index (χ2v) is 8.41. The molecule has 6 nitrogen and oxygen atoms in total. The van der Waals surface area contributed by atoms with E-state index in [1.165, 1.54) is 12.1 Å². The standard InChI is InChI=1S/C22H26FN5OS/c1-3-27(4-2)20(29)14-26-9-11-28(12-10-26)22-21-18(24-15-25-22)13-19(30-21)16-5-7-17(23)8-6-16/h5-8,13,15H,3-4,9-12,14H2,1-2H3. The summed E-state index contributed by atoms with van der Waals surface area (Å²) in [6.07, 6.45) is 1.61. The Morgan fingerprint density at radius 2 is 1.80 bits per heavy atom. The summed E-state index contributed by atoms with van der Waals surface area (Å²) in [6, 6.07) is 8.57. The van der Waals surface area contributed by atoms with Crippen molar-refractivity contribution in [3.8, 4) is 10.4 Å². The lowest BCUT2D eigenvalue weighted by Crippen LogP contribution is -2.50. The van der Waals surface area contributed by atoms with Gasteiger partial charge in [0.25, 0.3) is 0 Å². The Hall–Kier alpha value is -2.58. The number of hydrogen-bond acceptors (Lipinski definition) is 6. The van der Waals surface area contributed by atoms with Gasteiger partial charge in [-0.3, -0.25) is 9.69 Å². The van der Waals surface area contributed by atoms with Gasteiger partial charge in [0, 0.05) is 44.1 Å². The molecule has 0 saturated carbocycles. The zero-order valence-electron chi connectivity index (χ0n) is 17.3. The molecule has 3 heterocycles. The predicted molar refractivity (Wildman–Crippen MR) is 119 cm³/mol. The van der Waals surface area contributed by atoms with Crippen LogP contribution in [0.3, 0.4) is 0 Å². The minimum atomic E-state index is -0.238. The minimum Gasteiger partial charge on any atom is -0.353 e. The lowest BCUT2D eigenvalue weighted by molar-refractivity contribution is -0.132. The fourth-order valence-corrected chi connectivity index (χ4v) is 4.94. The Kier molecular flexibility index (Phi) is 6.24. The van der Waals surface area contributed by atoms with Crippen molar-refractivity contribution < 1.29 is 9.18 Å². The molecule has 1 aliphatic heterocycles. The molecular weight excluding hydrogens is 401 g/mol. The first kappa shape index (κ1) is 20.7. The van der Waals surface area contributed by atoms with Crippen LogP contribution in [0.15, 0.2) is 36.7 Å². The van der Waals surface area contributed by atoms with Gasteiger partial charge in [-0.25, -0.2) is 14.4 Å². The van der Waals surface area contributed by atoms with Crippen molar-refractivity contribution in [1.82, 2.24) is 19.8 Å². The van der Waals surface area contributed by atoms with Crippen LogP contribution in [0.4, 0.5) is 10.2 Å². The molecule has 0 aliphatic carbocycles. The molecule has 0 spiro atoms. The van der Waals surface area contributed by atoms with Crippen molar-refractivity contribution >= 4 is 33.3 Å². The van der Waals surface area contributed by atoms with E-state index < -0.39 is 0 Å². The molecule has 0 radical (unpaired) electrons. The highest BCUT2D eigenvalue weighted by Gasteiger charge is 2.23. The minimum absolute atomic E-state index is 0.195. The normalized spacial score (nSPS) is 15.0. The van der Waals surface area contributed by atoms with Crippen LogP contribution in [-0.4, -0.2) is 71.5 Å². The summed E-state index contributed by atoms with van der Waals surface area (Å²) in [7, 11) is 0. The summed E-state index contributed by atoms with van der Waals surface area (Å²) in [5.41, 5.74) is 1.88. The van der Waals surface area contributed by atoms with Gasteiger partial charge in [0.05, 0.1) is 16.8 Å². The first-order chi connectivity index (χ1) is 14.6. The van der Waals surface area contributed by atoms with Gasteiger partial charge in [0.15, 0.2) is 0 Å². The topological polar surface area (TPSA) is 52.6 Å². The van der Waals surface area contributed by atoms with E-state index in [1.807, 2.05) is 24.8 Å². The molecule has 0 bridgehead atoms. The van der Waals surface area contributed by atoms with Crippen LogP contribution in [0.5, 0.6) is 0 Å². The molecule has 8 heteroatoms. The lowest BCUT2D eigenvalue weighted by atomic mass is 10.2. The SMILES string of the molecule is CCN(CC)C(=O)CN1CCN(c2ncnc3cc(-c4ccc(F)cc4)sc23)CC1. The predicted octanol–water partition coefficient (Wildman–Crippen LogP) is 3.49. The second kappa shape index (κ2) is 9.06. The van der Waals surface area contributed by atoms with Crippen molar-refractivity contribution in [2.75, 3.05) is 50.7 Å². The summed E-state index contributed by atoms with van der Waals surface area (Å²) in [5, 5.41) is 0. The average Bonchev–Trinajstić information content (AvgIpc) is 3.20. The third-order valence-corrected chi connectivity index (χ3v) is 6.74. The van der Waals surface area contributed by atoms with Crippen LogP contribution in [0.2, 0.25) is 0 Å². The lowest BCUT2D eigenvalue weighted by Gasteiger charge is -2.35. The molecule has 1 saturated heterocycles. The first-order valence-electron chi connectivity index (χ1n) is 10.3. The fourth-order valence-electron chi connectivity index (χ4n) is 3.81. The van der Waals surface area contributed by atoms with Gasteiger partial charge >= 0.3 is 0 Å². The molecule has 30 heavy (non-hydrogen) atoms. The van der Waals surface area contributed by atoms with Gasteiger partial charge in [-0.1, -0.05) is 12.1 Å². The summed E-state index contributed by atoms with van der Waals surface area (Å²) < 4.78 is 14.3. The van der Waals surface area contributed by atoms with Gasteiger partial charge in [-0.05, 0) is 37.6 Å². The van der Waals surface area contributed by atoms with Gasteiger partial charge in [-0.15, -0.1) is 11.3 Å². The number of halogens is 1. The third kappa shape index (κ3) is 4.29. The Morgan fingerprint density at radius 3 is 2.47 bits per heavy atom. The highest BCUT2D eigenvalue weighted by atomic mass is 32.1. The Bertz CT molecular complexity index is 1010. The number of rotatable bonds is 6. The summed E-state index contributed by atoms with van der Waals surface area (Å²) in [4.78, 5) is 28.8. The van der Waals surface area contributed by atoms with E-state index in [2.05, 4.69) is 19.8 Å². The molecule has 0 atom stereocenters. The highest BCUT2D eigenvalue weighted by molar-refractivity contribution is 7.22. The number of likely N-dealkylation sites (N-methyl/N-ethyl adjacent to an activating group) is 1. The number of benzene rings is 1.